The molecule has 0 amide bonds. The average molecular weight is 285 g/mol. The molecule has 0 unspecified atom stereocenters. The van der Waals surface area contributed by atoms with Gasteiger partial charge in [0.1, 0.15) is 5.69 Å². The maximum Gasteiger partial charge on any atom is 0.458 e. The zero-order chi connectivity index (χ0) is 14.7. The number of carbonyl (C=O) groups excluding carboxylic acids is 1. The van der Waals surface area contributed by atoms with Gasteiger partial charge in [-0.2, -0.15) is 22.8 Å². The number of nitrogens with zero attached hydrogens (tertiary/aromatic N) is 5. The molecule has 0 atom stereocenters. The quantitative estimate of drug-likeness (QED) is 0.631. The van der Waals surface area contributed by atoms with E-state index in [1.807, 2.05) is 0 Å². The fourth-order valence-electron chi connectivity index (χ4n) is 1.87. The van der Waals surface area contributed by atoms with E-state index in [1.54, 1.807) is 6.92 Å². The molecule has 0 saturated heterocycles. The molecular formula is C10H6F3N5O2. The van der Waals surface area contributed by atoms with E-state index in [4.69, 9.17) is 4.52 Å². The third-order valence-electron chi connectivity index (χ3n) is 2.77. The molecular weight excluding hydrogens is 279 g/mol. The van der Waals surface area contributed by atoms with Gasteiger partial charge in [-0.15, -0.1) is 10.2 Å². The van der Waals surface area contributed by atoms with Crippen molar-refractivity contribution in [2.45, 2.75) is 20.0 Å². The lowest BCUT2D eigenvalue weighted by Gasteiger charge is -2.03. The summed E-state index contributed by atoms with van der Waals surface area (Å²) >= 11 is 0. The van der Waals surface area contributed by atoms with Crippen LogP contribution in [0.5, 0.6) is 0 Å². The van der Waals surface area contributed by atoms with Gasteiger partial charge >= 0.3 is 12.0 Å². The lowest BCUT2D eigenvalue weighted by molar-refractivity contribution is -0.0893. The Morgan fingerprint density at radius 1 is 1.20 bits per heavy atom. The number of ketones is 1. The highest BCUT2D eigenvalue weighted by Gasteiger charge is 2.43. The van der Waals surface area contributed by atoms with Gasteiger partial charge in [0.2, 0.25) is 5.82 Å². The molecule has 0 radical (unpaired) electrons. The van der Waals surface area contributed by atoms with Crippen LogP contribution in [0.15, 0.2) is 4.52 Å². The number of hydrogen-bond acceptors (Lipinski definition) is 6. The summed E-state index contributed by atoms with van der Waals surface area (Å²) in [6.45, 7) is 3.12. The predicted octanol–water partition coefficient (Wildman–Crippen LogP) is 1.63. The lowest BCUT2D eigenvalue weighted by atomic mass is 10.2. The highest BCUT2D eigenvalue weighted by Crippen LogP contribution is 2.26. The number of aryl methyl sites for hydroxylation is 2. The number of aromatic nitrogens is 5. The van der Waals surface area contributed by atoms with Gasteiger partial charge in [0.05, 0.1) is 11.1 Å². The largest absolute Gasteiger partial charge is 0.458 e. The van der Waals surface area contributed by atoms with Crippen LogP contribution in [0.4, 0.5) is 13.2 Å². The Morgan fingerprint density at radius 3 is 2.55 bits per heavy atom. The molecule has 10 heteroatoms. The zero-order valence-corrected chi connectivity index (χ0v) is 10.2. The van der Waals surface area contributed by atoms with Crippen molar-refractivity contribution in [3.63, 3.8) is 0 Å². The van der Waals surface area contributed by atoms with Crippen molar-refractivity contribution < 1.29 is 22.5 Å². The van der Waals surface area contributed by atoms with E-state index in [1.165, 1.54) is 6.92 Å². The fraction of sp³-hybridized carbons (Fsp3) is 0.300. The smallest absolute Gasteiger partial charge is 0.354 e. The van der Waals surface area contributed by atoms with Crippen molar-refractivity contribution in [3.05, 3.63) is 17.2 Å². The molecule has 0 N–H and O–H groups in total. The highest BCUT2D eigenvalue weighted by atomic mass is 19.4. The van der Waals surface area contributed by atoms with Gasteiger partial charge in [0.25, 0.3) is 0 Å². The number of Topliss-reactive ketones (excluding diaryl/α,β-unsaturated/α-hetero) is 1. The number of rotatable bonds is 1. The second-order valence-electron chi connectivity index (χ2n) is 4.14. The molecule has 0 bridgehead atoms. The Morgan fingerprint density at radius 2 is 1.90 bits per heavy atom. The van der Waals surface area contributed by atoms with Gasteiger partial charge in [-0.3, -0.25) is 4.79 Å². The van der Waals surface area contributed by atoms with Crippen LogP contribution in [-0.4, -0.2) is 36.9 Å². The Bertz CT molecular complexity index is 848. The van der Waals surface area contributed by atoms with Crippen molar-refractivity contribution in [1.29, 1.82) is 0 Å². The van der Waals surface area contributed by atoms with E-state index in [-0.39, 0.29) is 11.3 Å². The number of hydrogen-bond donors (Lipinski definition) is 0. The Hall–Kier alpha value is -2.52. The van der Waals surface area contributed by atoms with E-state index in [0.29, 0.717) is 16.7 Å². The zero-order valence-electron chi connectivity index (χ0n) is 10.2. The van der Waals surface area contributed by atoms with E-state index in [0.717, 1.165) is 4.52 Å². The van der Waals surface area contributed by atoms with Crippen LogP contribution in [0.1, 0.15) is 22.0 Å². The second-order valence-corrected chi connectivity index (χ2v) is 4.14. The topological polar surface area (TPSA) is 86.2 Å². The average Bonchev–Trinajstić information content (AvgIpc) is 2.91. The van der Waals surface area contributed by atoms with Gasteiger partial charge in [-0.05, 0) is 13.8 Å². The minimum Gasteiger partial charge on any atom is -0.354 e. The first-order chi connectivity index (χ1) is 9.30. The summed E-state index contributed by atoms with van der Waals surface area (Å²) in [6, 6.07) is 0. The minimum atomic E-state index is -5.04. The Balaban J connectivity index is 2.39. The summed E-state index contributed by atoms with van der Waals surface area (Å²) in [7, 11) is 0. The van der Waals surface area contributed by atoms with E-state index >= 15 is 0 Å². The summed E-state index contributed by atoms with van der Waals surface area (Å²) in [4.78, 5) is 11.3. The van der Waals surface area contributed by atoms with Gasteiger partial charge in [-0.1, -0.05) is 5.16 Å². The number of fused-ring (bicyclic) bond motifs is 3. The van der Waals surface area contributed by atoms with E-state index in [9.17, 15) is 18.0 Å². The van der Waals surface area contributed by atoms with Crippen molar-refractivity contribution in [1.82, 2.24) is 25.0 Å². The maximum absolute atomic E-state index is 12.5. The normalized spacial score (nSPS) is 12.4. The molecule has 20 heavy (non-hydrogen) atoms. The summed E-state index contributed by atoms with van der Waals surface area (Å²) in [5, 5.41) is 14.8. The van der Waals surface area contributed by atoms with E-state index < -0.39 is 17.8 Å². The van der Waals surface area contributed by atoms with Crippen molar-refractivity contribution >= 4 is 22.4 Å². The molecule has 0 aromatic carbocycles. The highest BCUT2D eigenvalue weighted by molar-refractivity contribution is 6.00. The standard InChI is InChI=1S/C10H6F3N5O2/c1-3-5-6(20-17-3)4(2)16-18-8(5)14-15-9(18)7(19)10(11,12)13/h1-2H3. The summed E-state index contributed by atoms with van der Waals surface area (Å²) in [5.41, 5.74) is 1.00. The van der Waals surface area contributed by atoms with Crippen LogP contribution in [0.25, 0.3) is 16.6 Å². The van der Waals surface area contributed by atoms with Gasteiger partial charge in [0, 0.05) is 0 Å². The van der Waals surface area contributed by atoms with Crippen molar-refractivity contribution in [2.24, 2.45) is 0 Å². The van der Waals surface area contributed by atoms with Crippen LogP contribution >= 0.6 is 0 Å². The second kappa shape index (κ2) is 3.74. The molecule has 3 heterocycles. The van der Waals surface area contributed by atoms with Crippen LogP contribution in [0, 0.1) is 13.8 Å². The number of carbonyl (C=O) groups is 1. The molecule has 0 saturated carbocycles. The molecule has 0 aliphatic heterocycles. The molecule has 0 fully saturated rings. The SMILES string of the molecule is Cc1nn2c(C(=O)C(F)(F)F)nnc2c2c(C)noc12. The van der Waals surface area contributed by atoms with Crippen molar-refractivity contribution in [2.75, 3.05) is 0 Å². The van der Waals surface area contributed by atoms with Crippen LogP contribution in [0.2, 0.25) is 0 Å². The maximum atomic E-state index is 12.5. The van der Waals surface area contributed by atoms with Crippen LogP contribution in [0.3, 0.4) is 0 Å². The van der Waals surface area contributed by atoms with Gasteiger partial charge < -0.3 is 4.52 Å². The summed E-state index contributed by atoms with van der Waals surface area (Å²) < 4.78 is 43.2. The van der Waals surface area contributed by atoms with Gasteiger partial charge in [0.15, 0.2) is 11.2 Å². The molecule has 104 valence electrons. The molecule has 0 aliphatic carbocycles. The molecule has 3 aromatic heterocycles. The van der Waals surface area contributed by atoms with Crippen LogP contribution < -0.4 is 0 Å². The van der Waals surface area contributed by atoms with Crippen molar-refractivity contribution in [3.8, 4) is 0 Å². The number of alkyl halides is 3. The Kier molecular flexibility index (Phi) is 2.34. The third kappa shape index (κ3) is 1.57. The predicted molar refractivity (Wildman–Crippen MR) is 58.2 cm³/mol. The molecule has 7 nitrogen and oxygen atoms in total. The molecule has 0 aliphatic rings. The summed E-state index contributed by atoms with van der Waals surface area (Å²) in [6.07, 6.45) is -5.04. The minimum absolute atomic E-state index is 0.00282. The Labute approximate surface area is 108 Å². The van der Waals surface area contributed by atoms with E-state index in [2.05, 4.69) is 20.5 Å². The van der Waals surface area contributed by atoms with Gasteiger partial charge in [-0.25, -0.2) is 0 Å². The first-order valence-electron chi connectivity index (χ1n) is 5.40. The number of halogens is 3. The fourth-order valence-corrected chi connectivity index (χ4v) is 1.87. The first kappa shape index (κ1) is 12.5. The van der Waals surface area contributed by atoms with Crippen LogP contribution in [-0.2, 0) is 0 Å². The lowest BCUT2D eigenvalue weighted by Crippen LogP contribution is -2.25. The molecule has 3 rings (SSSR count). The first-order valence-corrected chi connectivity index (χ1v) is 5.40. The third-order valence-corrected chi connectivity index (χ3v) is 2.77. The summed E-state index contributed by atoms with van der Waals surface area (Å²) in [5.74, 6) is -3.00. The molecule has 0 spiro atoms. The molecule has 3 aromatic rings. The monoisotopic (exact) mass is 285 g/mol.